The Kier molecular flexibility index (Phi) is 5.96. The van der Waals surface area contributed by atoms with Gasteiger partial charge in [0.1, 0.15) is 0 Å². The van der Waals surface area contributed by atoms with E-state index in [0.717, 1.165) is 0 Å². The third-order valence-electron chi connectivity index (χ3n) is 5.53. The molecule has 0 nitrogen and oxygen atoms in total. The summed E-state index contributed by atoms with van der Waals surface area (Å²) in [4.78, 5) is 0. The third kappa shape index (κ3) is 3.76. The van der Waals surface area contributed by atoms with Crippen LogP contribution in [0.4, 0.5) is 0 Å². The minimum atomic E-state index is 0.462. The van der Waals surface area contributed by atoms with Crippen LogP contribution in [0, 0.1) is 18.8 Å². The topological polar surface area (TPSA) is 0 Å². The van der Waals surface area contributed by atoms with Crippen molar-refractivity contribution in [3.63, 3.8) is 0 Å². The summed E-state index contributed by atoms with van der Waals surface area (Å²) < 4.78 is 0. The first-order valence-electron chi connectivity index (χ1n) is 10.1. The van der Waals surface area contributed by atoms with Crippen molar-refractivity contribution >= 4 is 6.08 Å². The van der Waals surface area contributed by atoms with Gasteiger partial charge in [-0.15, -0.1) is 0 Å². The molecular weight excluding hydrogens is 324 g/mol. The zero-order valence-corrected chi connectivity index (χ0v) is 17.2. The molecule has 0 aromatic heterocycles. The van der Waals surface area contributed by atoms with Gasteiger partial charge in [0, 0.05) is 11.8 Å². The van der Waals surface area contributed by atoms with Crippen molar-refractivity contribution in [2.45, 2.75) is 34.6 Å². The maximum absolute atomic E-state index is 2.32. The lowest BCUT2D eigenvalue weighted by Gasteiger charge is -2.39. The molecule has 0 fully saturated rings. The van der Waals surface area contributed by atoms with Gasteiger partial charge in [0.25, 0.3) is 0 Å². The Bertz CT molecular complexity index is 905. The SMILES string of the molecule is C/C=C1/C=CC2=CC=C(/C=C/c3ccc(C)cc3)C3=CC=C(C)C1C23.CC. The number of rotatable bonds is 2. The van der Waals surface area contributed by atoms with E-state index >= 15 is 0 Å². The lowest BCUT2D eigenvalue weighted by Crippen LogP contribution is -2.28. The standard InChI is InChI=1S/C25H24.C2H6/c1-4-20-12-14-22-15-13-21(11-10-19-8-5-17(2)6-9-19)23-16-7-18(3)24(20)25(22)23;1-2/h4-16,24-25H,1-3H3;1-2H3/b11-10+,20-4-;. The summed E-state index contributed by atoms with van der Waals surface area (Å²) in [6.45, 7) is 10.5. The molecule has 4 rings (SSSR count). The second kappa shape index (κ2) is 8.39. The first kappa shape index (κ1) is 19.2. The molecule has 2 atom stereocenters. The number of allylic oxidation sites excluding steroid dienone is 13. The normalized spacial score (nSPS) is 24.4. The molecule has 0 radical (unpaired) electrons. The van der Waals surface area contributed by atoms with Crippen LogP contribution in [0.2, 0.25) is 0 Å². The molecule has 0 heterocycles. The Morgan fingerprint density at radius 3 is 2.22 bits per heavy atom. The second-order valence-corrected chi connectivity index (χ2v) is 7.14. The van der Waals surface area contributed by atoms with Crippen molar-refractivity contribution in [1.29, 1.82) is 0 Å². The van der Waals surface area contributed by atoms with Crippen molar-refractivity contribution in [3.8, 4) is 0 Å². The van der Waals surface area contributed by atoms with Gasteiger partial charge >= 0.3 is 0 Å². The minimum Gasteiger partial charge on any atom is -0.0838 e. The van der Waals surface area contributed by atoms with Gasteiger partial charge in [0.05, 0.1) is 0 Å². The summed E-state index contributed by atoms with van der Waals surface area (Å²) in [6.07, 6.45) is 20.5. The molecule has 0 N–H and O–H groups in total. The monoisotopic (exact) mass is 354 g/mol. The van der Waals surface area contributed by atoms with E-state index in [-0.39, 0.29) is 0 Å². The van der Waals surface area contributed by atoms with Crippen LogP contribution in [0.25, 0.3) is 6.08 Å². The molecule has 1 aromatic carbocycles. The van der Waals surface area contributed by atoms with E-state index in [4.69, 9.17) is 0 Å². The van der Waals surface area contributed by atoms with Gasteiger partial charge in [-0.3, -0.25) is 0 Å². The fraction of sp³-hybridized carbons (Fsp3) is 0.259. The van der Waals surface area contributed by atoms with Crippen LogP contribution in [-0.4, -0.2) is 0 Å². The number of aryl methyl sites for hydroxylation is 1. The van der Waals surface area contributed by atoms with Crippen LogP contribution < -0.4 is 0 Å². The van der Waals surface area contributed by atoms with E-state index in [1.165, 1.54) is 39.0 Å². The highest BCUT2D eigenvalue weighted by Crippen LogP contribution is 2.48. The molecule has 3 aliphatic rings. The summed E-state index contributed by atoms with van der Waals surface area (Å²) in [7, 11) is 0. The lowest BCUT2D eigenvalue weighted by atomic mass is 9.64. The quantitative estimate of drug-likeness (QED) is 0.514. The maximum Gasteiger partial charge on any atom is 0.0201 e. The molecule has 27 heavy (non-hydrogen) atoms. The van der Waals surface area contributed by atoms with Crippen molar-refractivity contribution in [3.05, 3.63) is 112 Å². The third-order valence-corrected chi connectivity index (χ3v) is 5.53. The fourth-order valence-electron chi connectivity index (χ4n) is 4.11. The zero-order chi connectivity index (χ0) is 19.4. The van der Waals surface area contributed by atoms with Crippen molar-refractivity contribution < 1.29 is 0 Å². The summed E-state index contributed by atoms with van der Waals surface area (Å²) >= 11 is 0. The van der Waals surface area contributed by atoms with E-state index in [1.54, 1.807) is 0 Å². The van der Waals surface area contributed by atoms with E-state index in [9.17, 15) is 0 Å². The number of hydrogen-bond donors (Lipinski definition) is 0. The largest absolute Gasteiger partial charge is 0.0838 e. The predicted molar refractivity (Wildman–Crippen MR) is 119 cm³/mol. The van der Waals surface area contributed by atoms with Crippen molar-refractivity contribution in [2.24, 2.45) is 11.8 Å². The molecule has 0 aliphatic heterocycles. The van der Waals surface area contributed by atoms with Crippen LogP contribution in [0.15, 0.2) is 101 Å². The fourth-order valence-corrected chi connectivity index (χ4v) is 4.11. The summed E-state index contributed by atoms with van der Waals surface area (Å²) in [5.74, 6) is 0.946. The first-order chi connectivity index (χ1) is 13.2. The molecule has 0 saturated heterocycles. The van der Waals surface area contributed by atoms with Crippen LogP contribution in [0.3, 0.4) is 0 Å². The molecule has 2 unspecified atom stereocenters. The average molecular weight is 355 g/mol. The van der Waals surface area contributed by atoms with E-state index in [0.29, 0.717) is 11.8 Å². The summed E-state index contributed by atoms with van der Waals surface area (Å²) in [5, 5.41) is 0. The van der Waals surface area contributed by atoms with Gasteiger partial charge in [-0.1, -0.05) is 104 Å². The van der Waals surface area contributed by atoms with Gasteiger partial charge in [0.15, 0.2) is 0 Å². The molecule has 3 aliphatic carbocycles. The average Bonchev–Trinajstić information content (AvgIpc) is 2.72. The Morgan fingerprint density at radius 1 is 0.778 bits per heavy atom. The van der Waals surface area contributed by atoms with E-state index < -0.39 is 0 Å². The zero-order valence-electron chi connectivity index (χ0n) is 17.2. The Labute approximate surface area is 164 Å². The highest BCUT2D eigenvalue weighted by atomic mass is 14.4. The number of benzene rings is 1. The minimum absolute atomic E-state index is 0.462. The van der Waals surface area contributed by atoms with Gasteiger partial charge in [-0.2, -0.15) is 0 Å². The molecule has 0 bridgehead atoms. The molecule has 138 valence electrons. The van der Waals surface area contributed by atoms with E-state index in [2.05, 4.69) is 99.7 Å². The van der Waals surface area contributed by atoms with Gasteiger partial charge in [0.2, 0.25) is 0 Å². The van der Waals surface area contributed by atoms with E-state index in [1.807, 2.05) is 13.8 Å². The molecule has 0 saturated carbocycles. The van der Waals surface area contributed by atoms with Crippen LogP contribution in [0.1, 0.15) is 38.8 Å². The predicted octanol–water partition coefficient (Wildman–Crippen LogP) is 7.54. The molecule has 1 aromatic rings. The Balaban J connectivity index is 0.00000102. The maximum atomic E-state index is 2.32. The molecule has 0 amide bonds. The smallest absolute Gasteiger partial charge is 0.0201 e. The molecular formula is C27H30. The van der Waals surface area contributed by atoms with Gasteiger partial charge in [-0.25, -0.2) is 0 Å². The second-order valence-electron chi connectivity index (χ2n) is 7.14. The number of hydrogen-bond acceptors (Lipinski definition) is 0. The van der Waals surface area contributed by atoms with Crippen LogP contribution in [0.5, 0.6) is 0 Å². The highest BCUT2D eigenvalue weighted by molar-refractivity contribution is 5.65. The Morgan fingerprint density at radius 2 is 1.52 bits per heavy atom. The highest BCUT2D eigenvalue weighted by Gasteiger charge is 2.36. The first-order valence-corrected chi connectivity index (χ1v) is 10.1. The molecule has 0 heteroatoms. The molecule has 0 spiro atoms. The van der Waals surface area contributed by atoms with Crippen molar-refractivity contribution in [2.75, 3.05) is 0 Å². The lowest BCUT2D eigenvalue weighted by molar-refractivity contribution is 0.552. The van der Waals surface area contributed by atoms with Gasteiger partial charge < -0.3 is 0 Å². The summed E-state index contributed by atoms with van der Waals surface area (Å²) in [6, 6.07) is 8.69. The van der Waals surface area contributed by atoms with Crippen LogP contribution >= 0.6 is 0 Å². The summed E-state index contributed by atoms with van der Waals surface area (Å²) in [5.41, 5.74) is 9.65. The van der Waals surface area contributed by atoms with Crippen LogP contribution in [-0.2, 0) is 0 Å². The van der Waals surface area contributed by atoms with Gasteiger partial charge in [-0.05, 0) is 48.6 Å². The van der Waals surface area contributed by atoms with Crippen molar-refractivity contribution in [1.82, 2.24) is 0 Å². The Hall–Kier alpha value is -2.60.